The minimum atomic E-state index is -0.0794. The van der Waals surface area contributed by atoms with Crippen molar-refractivity contribution in [3.63, 3.8) is 0 Å². The van der Waals surface area contributed by atoms with Gasteiger partial charge < -0.3 is 20.0 Å². The molecule has 0 radical (unpaired) electrons. The lowest BCUT2D eigenvalue weighted by atomic mass is 10.0. The van der Waals surface area contributed by atoms with Crippen molar-refractivity contribution >= 4 is 11.8 Å². The lowest BCUT2D eigenvalue weighted by Gasteiger charge is -2.33. The first kappa shape index (κ1) is 17.0. The van der Waals surface area contributed by atoms with E-state index in [0.717, 1.165) is 44.7 Å². The third-order valence-corrected chi connectivity index (χ3v) is 5.05. The summed E-state index contributed by atoms with van der Waals surface area (Å²) in [4.78, 5) is 26.6. The predicted octanol–water partition coefficient (Wildman–Crippen LogP) is 1.76. The molecule has 1 aromatic heterocycles. The Labute approximate surface area is 143 Å². The molecule has 132 valence electrons. The number of carbonyl (C=O) groups is 2. The molecule has 0 aliphatic carbocycles. The van der Waals surface area contributed by atoms with E-state index in [9.17, 15) is 9.59 Å². The van der Waals surface area contributed by atoms with Gasteiger partial charge in [0.25, 0.3) is 5.91 Å². The maximum Gasteiger partial charge on any atom is 0.255 e. The van der Waals surface area contributed by atoms with E-state index in [-0.39, 0.29) is 17.9 Å². The highest BCUT2D eigenvalue weighted by Gasteiger charge is 2.27. The van der Waals surface area contributed by atoms with Gasteiger partial charge in [0.05, 0.1) is 5.56 Å². The Balaban J connectivity index is 1.45. The number of amides is 2. The minimum Gasteiger partial charge on any atom is -0.466 e. The molecule has 2 fully saturated rings. The largest absolute Gasteiger partial charge is 0.466 e. The summed E-state index contributed by atoms with van der Waals surface area (Å²) in [7, 11) is 0. The van der Waals surface area contributed by atoms with E-state index >= 15 is 0 Å². The van der Waals surface area contributed by atoms with Crippen LogP contribution in [0, 0.1) is 13.8 Å². The SMILES string of the molecule is Cc1cc(C(=O)NC2CCN(C(=O)CC3CCCN3)CC2)c(C)o1. The van der Waals surface area contributed by atoms with Crippen molar-refractivity contribution in [1.82, 2.24) is 15.5 Å². The first-order valence-electron chi connectivity index (χ1n) is 8.92. The second kappa shape index (κ2) is 7.38. The highest BCUT2D eigenvalue weighted by molar-refractivity contribution is 5.95. The van der Waals surface area contributed by atoms with Gasteiger partial charge in [-0.15, -0.1) is 0 Å². The summed E-state index contributed by atoms with van der Waals surface area (Å²) >= 11 is 0. The smallest absolute Gasteiger partial charge is 0.255 e. The molecule has 1 unspecified atom stereocenters. The molecule has 1 aromatic rings. The van der Waals surface area contributed by atoms with Crippen LogP contribution in [0.4, 0.5) is 0 Å². The Morgan fingerprint density at radius 3 is 2.62 bits per heavy atom. The molecule has 24 heavy (non-hydrogen) atoms. The molecule has 2 N–H and O–H groups in total. The van der Waals surface area contributed by atoms with E-state index < -0.39 is 0 Å². The minimum absolute atomic E-state index is 0.0794. The quantitative estimate of drug-likeness (QED) is 0.880. The molecule has 1 atom stereocenters. The van der Waals surface area contributed by atoms with E-state index in [1.54, 1.807) is 13.0 Å². The molecule has 0 spiro atoms. The van der Waals surface area contributed by atoms with Crippen LogP contribution in [0.1, 0.15) is 54.0 Å². The highest BCUT2D eigenvalue weighted by Crippen LogP contribution is 2.17. The summed E-state index contributed by atoms with van der Waals surface area (Å²) in [6, 6.07) is 2.25. The van der Waals surface area contributed by atoms with Crippen LogP contribution in [-0.2, 0) is 4.79 Å². The Kier molecular flexibility index (Phi) is 5.23. The van der Waals surface area contributed by atoms with Crippen molar-refractivity contribution in [1.29, 1.82) is 0 Å². The monoisotopic (exact) mass is 333 g/mol. The van der Waals surface area contributed by atoms with Gasteiger partial charge in [-0.1, -0.05) is 0 Å². The van der Waals surface area contributed by atoms with Gasteiger partial charge in [-0.3, -0.25) is 9.59 Å². The van der Waals surface area contributed by atoms with Gasteiger partial charge >= 0.3 is 0 Å². The molecule has 2 aliphatic rings. The van der Waals surface area contributed by atoms with Crippen LogP contribution in [-0.4, -0.2) is 48.4 Å². The molecule has 0 aromatic carbocycles. The molecule has 3 rings (SSSR count). The van der Waals surface area contributed by atoms with E-state index in [2.05, 4.69) is 10.6 Å². The number of rotatable bonds is 4. The fourth-order valence-electron chi connectivity index (χ4n) is 3.66. The second-order valence-electron chi connectivity index (χ2n) is 6.95. The fourth-order valence-corrected chi connectivity index (χ4v) is 3.66. The number of piperidine rings is 1. The lowest BCUT2D eigenvalue weighted by Crippen LogP contribution is -2.47. The van der Waals surface area contributed by atoms with Crippen molar-refractivity contribution < 1.29 is 14.0 Å². The Morgan fingerprint density at radius 2 is 2.04 bits per heavy atom. The zero-order valence-corrected chi connectivity index (χ0v) is 14.6. The fraction of sp³-hybridized carbons (Fsp3) is 0.667. The van der Waals surface area contributed by atoms with Gasteiger partial charge in [-0.05, 0) is 52.1 Å². The van der Waals surface area contributed by atoms with Crippen molar-refractivity contribution in [2.24, 2.45) is 0 Å². The Bertz CT molecular complexity index is 597. The summed E-state index contributed by atoms with van der Waals surface area (Å²) in [6.07, 6.45) is 4.49. The van der Waals surface area contributed by atoms with E-state index in [1.807, 2.05) is 11.8 Å². The first-order chi connectivity index (χ1) is 11.5. The first-order valence-corrected chi connectivity index (χ1v) is 8.92. The number of carbonyl (C=O) groups excluding carboxylic acids is 2. The number of nitrogens with one attached hydrogen (secondary N) is 2. The second-order valence-corrected chi connectivity index (χ2v) is 6.95. The van der Waals surface area contributed by atoms with Crippen LogP contribution in [0.2, 0.25) is 0 Å². The number of nitrogens with zero attached hydrogens (tertiary/aromatic N) is 1. The third-order valence-electron chi connectivity index (χ3n) is 5.05. The molecule has 2 aliphatic heterocycles. The highest BCUT2D eigenvalue weighted by atomic mass is 16.3. The van der Waals surface area contributed by atoms with Gasteiger partial charge in [-0.2, -0.15) is 0 Å². The van der Waals surface area contributed by atoms with Gasteiger partial charge in [0.1, 0.15) is 11.5 Å². The van der Waals surface area contributed by atoms with Gasteiger partial charge in [0.2, 0.25) is 5.91 Å². The summed E-state index contributed by atoms with van der Waals surface area (Å²) in [5.74, 6) is 1.56. The number of likely N-dealkylation sites (tertiary alicyclic amines) is 1. The Morgan fingerprint density at radius 1 is 1.29 bits per heavy atom. The van der Waals surface area contributed by atoms with Gasteiger partial charge in [0, 0.05) is 31.6 Å². The van der Waals surface area contributed by atoms with Crippen molar-refractivity contribution in [3.05, 3.63) is 23.2 Å². The zero-order valence-electron chi connectivity index (χ0n) is 14.6. The zero-order chi connectivity index (χ0) is 17.1. The van der Waals surface area contributed by atoms with E-state index in [4.69, 9.17) is 4.42 Å². The molecule has 3 heterocycles. The summed E-state index contributed by atoms with van der Waals surface area (Å²) in [5.41, 5.74) is 0.610. The lowest BCUT2D eigenvalue weighted by molar-refractivity contribution is -0.132. The average molecular weight is 333 g/mol. The number of furan rings is 1. The van der Waals surface area contributed by atoms with E-state index in [0.29, 0.717) is 23.8 Å². The summed E-state index contributed by atoms with van der Waals surface area (Å²) < 4.78 is 5.42. The van der Waals surface area contributed by atoms with Crippen LogP contribution in [0.25, 0.3) is 0 Å². The maximum atomic E-state index is 12.3. The molecule has 2 amide bonds. The number of hydrogen-bond acceptors (Lipinski definition) is 4. The van der Waals surface area contributed by atoms with Crippen LogP contribution < -0.4 is 10.6 Å². The molecule has 0 bridgehead atoms. The van der Waals surface area contributed by atoms with Crippen LogP contribution >= 0.6 is 0 Å². The number of hydrogen-bond donors (Lipinski definition) is 2. The maximum absolute atomic E-state index is 12.3. The van der Waals surface area contributed by atoms with Crippen LogP contribution in [0.5, 0.6) is 0 Å². The normalized spacial score (nSPS) is 21.9. The average Bonchev–Trinajstić information content (AvgIpc) is 3.17. The molecule has 6 heteroatoms. The van der Waals surface area contributed by atoms with Gasteiger partial charge in [-0.25, -0.2) is 0 Å². The van der Waals surface area contributed by atoms with E-state index in [1.165, 1.54) is 6.42 Å². The molecule has 6 nitrogen and oxygen atoms in total. The molecular weight excluding hydrogens is 306 g/mol. The molecule has 2 saturated heterocycles. The van der Waals surface area contributed by atoms with Crippen molar-refractivity contribution in [2.45, 2.75) is 58.0 Å². The summed E-state index contributed by atoms with van der Waals surface area (Å²) in [5, 5.41) is 6.45. The molecular formula is C18H27N3O3. The van der Waals surface area contributed by atoms with Crippen molar-refractivity contribution in [2.75, 3.05) is 19.6 Å². The van der Waals surface area contributed by atoms with Gasteiger partial charge in [0.15, 0.2) is 0 Å². The Hall–Kier alpha value is -1.82. The standard InChI is InChI=1S/C18H27N3O3/c1-12-10-16(13(2)24-12)18(23)20-14-5-8-21(9-6-14)17(22)11-15-4-3-7-19-15/h10,14-15,19H,3-9,11H2,1-2H3,(H,20,23). The topological polar surface area (TPSA) is 74.6 Å². The van der Waals surface area contributed by atoms with Crippen LogP contribution in [0.15, 0.2) is 10.5 Å². The predicted molar refractivity (Wildman–Crippen MR) is 90.9 cm³/mol. The third kappa shape index (κ3) is 3.98. The number of aryl methyl sites for hydroxylation is 2. The molecule has 0 saturated carbocycles. The summed E-state index contributed by atoms with van der Waals surface area (Å²) in [6.45, 7) is 6.12. The van der Waals surface area contributed by atoms with Crippen LogP contribution in [0.3, 0.4) is 0 Å². The van der Waals surface area contributed by atoms with Crippen molar-refractivity contribution in [3.8, 4) is 0 Å².